The highest BCUT2D eigenvalue weighted by molar-refractivity contribution is 5.98. The molecule has 2 aromatic heterocycles. The maximum Gasteiger partial charge on any atom is 0.224 e. The normalized spacial score (nSPS) is 18.0. The lowest BCUT2D eigenvalue weighted by Gasteiger charge is -2.33. The molecule has 0 radical (unpaired) electrons. The molecule has 46 heavy (non-hydrogen) atoms. The first kappa shape index (κ1) is 29.8. The summed E-state index contributed by atoms with van der Waals surface area (Å²) in [4.78, 5) is 13.6. The molecule has 3 N–H and O–H groups in total. The molecule has 2 atom stereocenters. The van der Waals surface area contributed by atoms with Gasteiger partial charge in [-0.15, -0.1) is 0 Å². The molecule has 4 heterocycles. The molecule has 236 valence electrons. The van der Waals surface area contributed by atoms with Crippen molar-refractivity contribution in [3.05, 3.63) is 107 Å². The van der Waals surface area contributed by atoms with Gasteiger partial charge < -0.3 is 25.2 Å². The van der Waals surface area contributed by atoms with Crippen LogP contribution in [0.4, 0.5) is 10.2 Å². The fourth-order valence-corrected chi connectivity index (χ4v) is 6.41. The second-order valence-corrected chi connectivity index (χ2v) is 11.9. The number of aliphatic hydroxyl groups is 1. The zero-order valence-electron chi connectivity index (χ0n) is 26.0. The van der Waals surface area contributed by atoms with Crippen LogP contribution in [-0.2, 0) is 11.3 Å². The highest BCUT2D eigenvalue weighted by Gasteiger charge is 2.33. The molecule has 10 nitrogen and oxygen atoms in total. The van der Waals surface area contributed by atoms with Gasteiger partial charge in [0, 0.05) is 55.5 Å². The minimum absolute atomic E-state index is 0.211. The lowest BCUT2D eigenvalue weighted by atomic mass is 9.88. The molecule has 7 rings (SSSR count). The van der Waals surface area contributed by atoms with Crippen molar-refractivity contribution < 1.29 is 19.0 Å². The zero-order valence-corrected chi connectivity index (χ0v) is 26.0. The minimum Gasteiger partial charge on any atom is -0.497 e. The number of nitrogens with zero attached hydrogens (tertiary/aromatic N) is 6. The number of hydrogen-bond donors (Lipinski definition) is 2. The van der Waals surface area contributed by atoms with Crippen molar-refractivity contribution in [3.63, 3.8) is 0 Å². The van der Waals surface area contributed by atoms with Crippen molar-refractivity contribution in [3.8, 4) is 17.0 Å². The van der Waals surface area contributed by atoms with Gasteiger partial charge in [-0.05, 0) is 48.9 Å². The van der Waals surface area contributed by atoms with Crippen LogP contribution in [0, 0.1) is 5.82 Å². The number of hydrogen-bond acceptors (Lipinski definition) is 9. The van der Waals surface area contributed by atoms with Crippen LogP contribution in [0.5, 0.6) is 5.75 Å². The van der Waals surface area contributed by atoms with Crippen LogP contribution in [0.25, 0.3) is 27.9 Å². The van der Waals surface area contributed by atoms with E-state index in [4.69, 9.17) is 20.3 Å². The largest absolute Gasteiger partial charge is 0.497 e. The third-order valence-electron chi connectivity index (χ3n) is 8.84. The molecule has 1 saturated heterocycles. The van der Waals surface area contributed by atoms with Crippen molar-refractivity contribution in [1.29, 1.82) is 0 Å². The van der Waals surface area contributed by atoms with Crippen LogP contribution in [0.3, 0.4) is 0 Å². The topological polar surface area (TPSA) is 115 Å². The Bertz CT molecular complexity index is 1950. The molecule has 11 heteroatoms. The van der Waals surface area contributed by atoms with Gasteiger partial charge in [-0.2, -0.15) is 5.10 Å². The van der Waals surface area contributed by atoms with Gasteiger partial charge in [-0.25, -0.2) is 19.0 Å². The van der Waals surface area contributed by atoms with Crippen LogP contribution in [0.1, 0.15) is 41.5 Å². The first-order valence-electron chi connectivity index (χ1n) is 15.3. The van der Waals surface area contributed by atoms with E-state index in [9.17, 15) is 9.50 Å². The molecule has 0 bridgehead atoms. The smallest absolute Gasteiger partial charge is 0.224 e. The minimum atomic E-state index is -1.18. The van der Waals surface area contributed by atoms with E-state index >= 15 is 0 Å². The number of allylic oxidation sites excluding steroid dienone is 1. The fourth-order valence-electron chi connectivity index (χ4n) is 6.41. The second-order valence-electron chi connectivity index (χ2n) is 11.9. The summed E-state index contributed by atoms with van der Waals surface area (Å²) in [5, 5.41) is 16.6. The van der Waals surface area contributed by atoms with Crippen LogP contribution in [-0.4, -0.2) is 75.0 Å². The maximum atomic E-state index is 14.6. The third-order valence-corrected chi connectivity index (χ3v) is 8.84. The van der Waals surface area contributed by atoms with Gasteiger partial charge in [0.25, 0.3) is 0 Å². The number of anilines is 1. The zero-order chi connectivity index (χ0) is 31.9. The average Bonchev–Trinajstić information content (AvgIpc) is 3.46. The summed E-state index contributed by atoms with van der Waals surface area (Å²) in [5.74, 6) is 0.602. The summed E-state index contributed by atoms with van der Waals surface area (Å²) in [5.41, 5.74) is 12.3. The third kappa shape index (κ3) is 5.46. The standard InChI is InChI=1S/C35H36FN7O3/c1-21(43-34-30(33(37)38-20-39-34)31(40-43)24-16-25(36)18-26(17-24)45-3)32-29(27-9-4-5-10-28(27)35(44)46-32)23-8-6-7-22(15-23)19-42-13-11-41(2)12-14-42/h4-10,15-18,20-21,35,44H,11-14,19H2,1-3H3,(H2,37,38,39). The van der Waals surface area contributed by atoms with E-state index < -0.39 is 18.1 Å². The van der Waals surface area contributed by atoms with E-state index in [0.29, 0.717) is 39.4 Å². The predicted octanol–water partition coefficient (Wildman–Crippen LogP) is 5.01. The van der Waals surface area contributed by atoms with Gasteiger partial charge in [0.2, 0.25) is 6.29 Å². The number of ether oxygens (including phenoxy) is 2. The van der Waals surface area contributed by atoms with E-state index in [1.54, 1.807) is 10.7 Å². The molecule has 0 spiro atoms. The lowest BCUT2D eigenvalue weighted by molar-refractivity contribution is -0.0779. The molecule has 5 aromatic rings. The van der Waals surface area contributed by atoms with Crippen molar-refractivity contribution in [2.45, 2.75) is 25.8 Å². The van der Waals surface area contributed by atoms with Gasteiger partial charge in [0.05, 0.1) is 12.5 Å². The highest BCUT2D eigenvalue weighted by Crippen LogP contribution is 2.44. The molecule has 0 amide bonds. The first-order chi connectivity index (χ1) is 22.3. The molecule has 2 unspecified atom stereocenters. The second kappa shape index (κ2) is 12.2. The Morgan fingerprint density at radius 3 is 2.63 bits per heavy atom. The molecule has 2 aliphatic rings. The molecule has 1 fully saturated rings. The van der Waals surface area contributed by atoms with Gasteiger partial charge >= 0.3 is 0 Å². The summed E-state index contributed by atoms with van der Waals surface area (Å²) < 4.78 is 28.0. The van der Waals surface area contributed by atoms with Gasteiger partial charge in [0.1, 0.15) is 41.2 Å². The number of benzene rings is 3. The van der Waals surface area contributed by atoms with E-state index in [1.807, 2.05) is 31.2 Å². The monoisotopic (exact) mass is 621 g/mol. The number of fused-ring (bicyclic) bond motifs is 2. The van der Waals surface area contributed by atoms with E-state index in [-0.39, 0.29) is 5.82 Å². The van der Waals surface area contributed by atoms with Gasteiger partial charge in [0.15, 0.2) is 5.65 Å². The number of piperazine rings is 1. The van der Waals surface area contributed by atoms with Crippen LogP contribution in [0.2, 0.25) is 0 Å². The Labute approximate surface area is 266 Å². The quantitative estimate of drug-likeness (QED) is 0.259. The number of rotatable bonds is 7. The van der Waals surface area contributed by atoms with Crippen LogP contribution in [0.15, 0.2) is 78.8 Å². The van der Waals surface area contributed by atoms with E-state index in [0.717, 1.165) is 49.4 Å². The number of methoxy groups -OCH3 is 1. The highest BCUT2D eigenvalue weighted by atomic mass is 19.1. The van der Waals surface area contributed by atoms with Crippen molar-refractivity contribution in [1.82, 2.24) is 29.5 Å². The number of nitrogens with two attached hydrogens (primary N) is 1. The van der Waals surface area contributed by atoms with Crippen molar-refractivity contribution >= 4 is 22.4 Å². The molecule has 2 aliphatic heterocycles. The Morgan fingerprint density at radius 1 is 1.02 bits per heavy atom. The molecular formula is C35H36FN7O3. The SMILES string of the molecule is COc1cc(F)cc(-c2nn(C(C)C3=C(c4cccc(CN5CCN(C)CC5)c4)c4ccccc4C(O)O3)c3ncnc(N)c23)c1. The number of halogens is 1. The Morgan fingerprint density at radius 2 is 1.83 bits per heavy atom. The molecule has 3 aromatic carbocycles. The van der Waals surface area contributed by atoms with E-state index in [1.165, 1.54) is 31.1 Å². The molecule has 0 aliphatic carbocycles. The van der Waals surface area contributed by atoms with Crippen LogP contribution >= 0.6 is 0 Å². The number of likely N-dealkylation sites (N-methyl/N-ethyl adjacent to an activating group) is 1. The predicted molar refractivity (Wildman–Crippen MR) is 174 cm³/mol. The Balaban J connectivity index is 1.38. The Hall–Kier alpha value is -4.84. The molecular weight excluding hydrogens is 585 g/mol. The lowest BCUT2D eigenvalue weighted by Crippen LogP contribution is -2.43. The van der Waals surface area contributed by atoms with Crippen LogP contribution < -0.4 is 10.5 Å². The average molecular weight is 622 g/mol. The van der Waals surface area contributed by atoms with Crippen molar-refractivity contribution in [2.24, 2.45) is 0 Å². The summed E-state index contributed by atoms with van der Waals surface area (Å²) in [7, 11) is 3.63. The first-order valence-corrected chi connectivity index (χ1v) is 15.3. The Kier molecular flexibility index (Phi) is 7.89. The summed E-state index contributed by atoms with van der Waals surface area (Å²) in [6, 6.07) is 20.0. The summed E-state index contributed by atoms with van der Waals surface area (Å²) in [6.07, 6.45) is 0.195. The number of aliphatic hydroxyl groups excluding tert-OH is 1. The van der Waals surface area contributed by atoms with Gasteiger partial charge in [-0.1, -0.05) is 42.5 Å². The van der Waals surface area contributed by atoms with Gasteiger partial charge in [-0.3, -0.25) is 4.90 Å². The number of aromatic nitrogens is 4. The summed E-state index contributed by atoms with van der Waals surface area (Å²) in [6.45, 7) is 6.89. The number of nitrogen functional groups attached to an aromatic ring is 1. The fraction of sp³-hybridized carbons (Fsp3) is 0.286. The molecule has 0 saturated carbocycles. The summed E-state index contributed by atoms with van der Waals surface area (Å²) >= 11 is 0. The maximum absolute atomic E-state index is 14.6. The van der Waals surface area contributed by atoms with Crippen molar-refractivity contribution in [2.75, 3.05) is 46.1 Å². The van der Waals surface area contributed by atoms with E-state index in [2.05, 4.69) is 51.1 Å².